The minimum Gasteiger partial charge on any atom is -0.481 e. The van der Waals surface area contributed by atoms with Crippen LogP contribution in [0.5, 0.6) is 0 Å². The molecule has 19 heavy (non-hydrogen) atoms. The number of alkyl halides is 3. The Kier molecular flexibility index (Phi) is 5.16. The van der Waals surface area contributed by atoms with Crippen LogP contribution in [-0.2, 0) is 9.59 Å². The quantitative estimate of drug-likeness (QED) is 0.796. The van der Waals surface area contributed by atoms with Gasteiger partial charge in [-0.2, -0.15) is 13.2 Å². The summed E-state index contributed by atoms with van der Waals surface area (Å²) in [4.78, 5) is 23.5. The lowest BCUT2D eigenvalue weighted by atomic mass is 9.96. The van der Waals surface area contributed by atoms with Crippen molar-refractivity contribution in [1.82, 2.24) is 10.2 Å². The molecule has 8 heteroatoms. The van der Waals surface area contributed by atoms with Crippen LogP contribution in [-0.4, -0.2) is 54.7 Å². The summed E-state index contributed by atoms with van der Waals surface area (Å²) in [7, 11) is 1.47. The number of nitrogens with zero attached hydrogens (tertiary/aromatic N) is 1. The van der Waals surface area contributed by atoms with Crippen LogP contribution in [0.2, 0.25) is 0 Å². The molecule has 1 aliphatic rings. The van der Waals surface area contributed by atoms with Gasteiger partial charge in [0, 0.05) is 20.1 Å². The van der Waals surface area contributed by atoms with E-state index >= 15 is 0 Å². The van der Waals surface area contributed by atoms with E-state index in [0.717, 1.165) is 0 Å². The molecule has 1 fully saturated rings. The summed E-state index contributed by atoms with van der Waals surface area (Å²) in [6, 6.07) is 0. The zero-order chi connectivity index (χ0) is 14.6. The zero-order valence-electron chi connectivity index (χ0n) is 10.5. The van der Waals surface area contributed by atoms with Crippen LogP contribution in [0.4, 0.5) is 13.2 Å². The highest BCUT2D eigenvalue weighted by molar-refractivity contribution is 5.78. The molecule has 0 saturated carbocycles. The molecule has 1 aliphatic heterocycles. The maximum atomic E-state index is 12.6. The smallest absolute Gasteiger partial charge is 0.403 e. The largest absolute Gasteiger partial charge is 0.481 e. The number of piperidine rings is 1. The summed E-state index contributed by atoms with van der Waals surface area (Å²) < 4.78 is 37.7. The third-order valence-electron chi connectivity index (χ3n) is 3.26. The lowest BCUT2D eigenvalue weighted by Gasteiger charge is -2.33. The summed E-state index contributed by atoms with van der Waals surface area (Å²) in [5, 5.41) is 11.1. The highest BCUT2D eigenvalue weighted by Crippen LogP contribution is 2.28. The van der Waals surface area contributed by atoms with Gasteiger partial charge in [0.1, 0.15) is 0 Å². The third kappa shape index (κ3) is 4.38. The maximum Gasteiger partial charge on any atom is 0.403 e. The van der Waals surface area contributed by atoms with Gasteiger partial charge in [0.15, 0.2) is 5.92 Å². The van der Waals surface area contributed by atoms with E-state index in [2.05, 4.69) is 5.32 Å². The molecule has 0 aromatic rings. The van der Waals surface area contributed by atoms with E-state index < -0.39 is 24.6 Å². The molecule has 1 amide bonds. The van der Waals surface area contributed by atoms with Gasteiger partial charge in [0.2, 0.25) is 5.91 Å². The molecule has 0 aliphatic carbocycles. The number of carboxylic acid groups (broad SMARTS) is 1. The molecule has 0 aromatic carbocycles. The first-order valence-electron chi connectivity index (χ1n) is 5.99. The Balaban J connectivity index is 2.65. The Hall–Kier alpha value is -1.31. The van der Waals surface area contributed by atoms with Gasteiger partial charge in [-0.25, -0.2) is 0 Å². The topological polar surface area (TPSA) is 69.6 Å². The van der Waals surface area contributed by atoms with Crippen molar-refractivity contribution in [3.05, 3.63) is 0 Å². The first kappa shape index (κ1) is 15.7. The minimum absolute atomic E-state index is 0.166. The predicted octanol–water partition coefficient (Wildman–Crippen LogP) is 0.707. The van der Waals surface area contributed by atoms with E-state index in [1.54, 1.807) is 0 Å². The van der Waals surface area contributed by atoms with E-state index in [9.17, 15) is 22.8 Å². The van der Waals surface area contributed by atoms with Crippen LogP contribution in [0.1, 0.15) is 12.8 Å². The van der Waals surface area contributed by atoms with Crippen molar-refractivity contribution in [2.45, 2.75) is 19.0 Å². The fraction of sp³-hybridized carbons (Fsp3) is 0.818. The second-order valence-electron chi connectivity index (χ2n) is 4.65. The van der Waals surface area contributed by atoms with Crippen molar-refractivity contribution in [3.63, 3.8) is 0 Å². The monoisotopic (exact) mass is 282 g/mol. The molecule has 1 rings (SSSR count). The maximum absolute atomic E-state index is 12.6. The van der Waals surface area contributed by atoms with Crippen LogP contribution < -0.4 is 5.32 Å². The number of rotatable bonds is 4. The van der Waals surface area contributed by atoms with Crippen LogP contribution in [0, 0.1) is 11.8 Å². The molecule has 5 nitrogen and oxygen atoms in total. The van der Waals surface area contributed by atoms with Gasteiger partial charge in [-0.05, 0) is 19.4 Å². The number of carbonyl (C=O) groups is 2. The fourth-order valence-corrected chi connectivity index (χ4v) is 2.22. The first-order chi connectivity index (χ1) is 8.75. The average Bonchev–Trinajstić information content (AvgIpc) is 2.33. The summed E-state index contributed by atoms with van der Waals surface area (Å²) in [6.45, 7) is -0.0563. The summed E-state index contributed by atoms with van der Waals surface area (Å²) in [5.74, 6) is -4.88. The number of amides is 1. The van der Waals surface area contributed by atoms with E-state index in [0.29, 0.717) is 19.4 Å². The lowest BCUT2D eigenvalue weighted by Crippen LogP contribution is -2.47. The Bertz CT molecular complexity index is 347. The molecular formula is C11H17F3N2O3. The zero-order valence-corrected chi connectivity index (χ0v) is 10.5. The third-order valence-corrected chi connectivity index (χ3v) is 3.26. The van der Waals surface area contributed by atoms with Crippen molar-refractivity contribution in [3.8, 4) is 0 Å². The standard InChI is InChI=1S/C11H17F3N2O3/c1-15-9(17)7-3-2-4-16(5-7)6-8(10(18)19)11(12,13)14/h7-8H,2-6H2,1H3,(H,15,17)(H,18,19). The Morgan fingerprint density at radius 3 is 2.58 bits per heavy atom. The number of likely N-dealkylation sites (tertiary alicyclic amines) is 1. The summed E-state index contributed by atoms with van der Waals surface area (Å²) >= 11 is 0. The van der Waals surface area contributed by atoms with Crippen LogP contribution in [0.3, 0.4) is 0 Å². The predicted molar refractivity (Wildman–Crippen MR) is 60.4 cm³/mol. The number of nitrogens with one attached hydrogen (secondary N) is 1. The van der Waals surface area contributed by atoms with Crippen molar-refractivity contribution >= 4 is 11.9 Å². The van der Waals surface area contributed by atoms with Gasteiger partial charge < -0.3 is 15.3 Å². The Morgan fingerprint density at radius 2 is 2.11 bits per heavy atom. The summed E-state index contributed by atoms with van der Waals surface area (Å²) in [5.41, 5.74) is 0. The molecule has 1 saturated heterocycles. The second-order valence-corrected chi connectivity index (χ2v) is 4.65. The number of aliphatic carboxylic acids is 1. The lowest BCUT2D eigenvalue weighted by molar-refractivity contribution is -0.197. The van der Waals surface area contributed by atoms with Crippen LogP contribution >= 0.6 is 0 Å². The molecule has 110 valence electrons. The van der Waals surface area contributed by atoms with Gasteiger partial charge in [0.25, 0.3) is 0 Å². The molecule has 0 bridgehead atoms. The number of hydrogen-bond acceptors (Lipinski definition) is 3. The number of carboxylic acids is 1. The highest BCUT2D eigenvalue weighted by atomic mass is 19.4. The van der Waals surface area contributed by atoms with E-state index in [1.807, 2.05) is 0 Å². The van der Waals surface area contributed by atoms with Gasteiger partial charge in [-0.3, -0.25) is 9.59 Å². The molecular weight excluding hydrogens is 265 g/mol. The Morgan fingerprint density at radius 1 is 1.47 bits per heavy atom. The Labute approximate surface area is 108 Å². The van der Waals surface area contributed by atoms with E-state index in [1.165, 1.54) is 11.9 Å². The van der Waals surface area contributed by atoms with Gasteiger partial charge >= 0.3 is 12.1 Å². The molecule has 0 aromatic heterocycles. The number of carbonyl (C=O) groups excluding carboxylic acids is 1. The van der Waals surface area contributed by atoms with Crippen LogP contribution in [0.15, 0.2) is 0 Å². The molecule has 0 radical (unpaired) electrons. The number of hydrogen-bond donors (Lipinski definition) is 2. The highest BCUT2D eigenvalue weighted by Gasteiger charge is 2.46. The van der Waals surface area contributed by atoms with Crippen molar-refractivity contribution in [2.75, 3.05) is 26.7 Å². The molecule has 2 atom stereocenters. The number of halogens is 3. The van der Waals surface area contributed by atoms with Crippen molar-refractivity contribution < 1.29 is 27.9 Å². The molecule has 0 spiro atoms. The second kappa shape index (κ2) is 6.23. The SMILES string of the molecule is CNC(=O)C1CCCN(CC(C(=O)O)C(F)(F)F)C1. The van der Waals surface area contributed by atoms with E-state index in [4.69, 9.17) is 5.11 Å². The van der Waals surface area contributed by atoms with Crippen LogP contribution in [0.25, 0.3) is 0 Å². The molecule has 1 heterocycles. The van der Waals surface area contributed by atoms with Crippen molar-refractivity contribution in [2.24, 2.45) is 11.8 Å². The fourth-order valence-electron chi connectivity index (χ4n) is 2.22. The minimum atomic E-state index is -4.77. The van der Waals surface area contributed by atoms with Crippen molar-refractivity contribution in [1.29, 1.82) is 0 Å². The first-order valence-corrected chi connectivity index (χ1v) is 5.99. The molecule has 2 N–H and O–H groups in total. The van der Waals surface area contributed by atoms with E-state index in [-0.39, 0.29) is 18.4 Å². The average molecular weight is 282 g/mol. The van der Waals surface area contributed by atoms with Gasteiger partial charge in [-0.15, -0.1) is 0 Å². The van der Waals surface area contributed by atoms with Gasteiger partial charge in [0.05, 0.1) is 5.92 Å². The molecule has 2 unspecified atom stereocenters. The normalized spacial score (nSPS) is 22.8. The summed E-state index contributed by atoms with van der Waals surface area (Å²) in [6.07, 6.45) is -3.58. The van der Waals surface area contributed by atoms with Gasteiger partial charge in [-0.1, -0.05) is 0 Å².